The topological polar surface area (TPSA) is 56.5 Å². The number of hydrazine groups is 1. The quantitative estimate of drug-likeness (QED) is 0.583. The summed E-state index contributed by atoms with van der Waals surface area (Å²) in [5.41, 5.74) is 3.13. The van der Waals surface area contributed by atoms with Crippen LogP contribution in [0.15, 0.2) is 42.5 Å². The third-order valence-corrected chi connectivity index (χ3v) is 3.88. The number of hydrogen-bond donors (Lipinski definition) is 2. The Labute approximate surface area is 144 Å². The minimum Gasteiger partial charge on any atom is -0.497 e. The number of halogens is 3. The normalized spacial score (nSPS) is 12.7. The first-order valence-electron chi connectivity index (χ1n) is 7.76. The predicted molar refractivity (Wildman–Crippen MR) is 89.4 cm³/mol. The van der Waals surface area contributed by atoms with Crippen molar-refractivity contribution in [1.29, 1.82) is 0 Å². The fourth-order valence-corrected chi connectivity index (χ4v) is 2.54. The van der Waals surface area contributed by atoms with E-state index in [1.165, 1.54) is 19.1 Å². The first kappa shape index (κ1) is 19.1. The molecule has 2 aromatic rings. The molecule has 0 heterocycles. The van der Waals surface area contributed by atoms with Gasteiger partial charge in [-0.1, -0.05) is 12.1 Å². The number of methoxy groups -OCH3 is 1. The molecule has 2 rings (SSSR count). The van der Waals surface area contributed by atoms with E-state index in [2.05, 4.69) is 5.43 Å². The summed E-state index contributed by atoms with van der Waals surface area (Å²) in [6, 6.07) is 11.1. The van der Waals surface area contributed by atoms with Gasteiger partial charge < -0.3 is 9.47 Å². The first-order valence-corrected chi connectivity index (χ1v) is 7.76. The molecular formula is C18H21F3N2O2. The summed E-state index contributed by atoms with van der Waals surface area (Å²) < 4.78 is 49.0. The Hall–Kier alpha value is -2.25. The zero-order valence-electron chi connectivity index (χ0n) is 14.1. The molecule has 0 radical (unpaired) electrons. The van der Waals surface area contributed by atoms with E-state index in [4.69, 9.17) is 15.3 Å². The maximum atomic E-state index is 12.8. The van der Waals surface area contributed by atoms with Gasteiger partial charge in [-0.25, -0.2) is 0 Å². The predicted octanol–water partition coefficient (Wildman–Crippen LogP) is 4.00. The zero-order valence-corrected chi connectivity index (χ0v) is 14.1. The van der Waals surface area contributed by atoms with Crippen LogP contribution in [0.25, 0.3) is 0 Å². The Kier molecular flexibility index (Phi) is 6.27. The smallest absolute Gasteiger partial charge is 0.416 e. The Morgan fingerprint density at radius 2 is 1.88 bits per heavy atom. The second-order valence-electron chi connectivity index (χ2n) is 5.61. The Morgan fingerprint density at radius 3 is 2.48 bits per heavy atom. The molecule has 0 aliphatic rings. The van der Waals surface area contributed by atoms with Gasteiger partial charge in [0.2, 0.25) is 0 Å². The van der Waals surface area contributed by atoms with Gasteiger partial charge in [0.1, 0.15) is 11.5 Å². The molecule has 3 N–H and O–H groups in total. The van der Waals surface area contributed by atoms with Crippen molar-refractivity contribution >= 4 is 0 Å². The third-order valence-electron chi connectivity index (χ3n) is 3.88. The molecule has 2 aromatic carbocycles. The second-order valence-corrected chi connectivity index (χ2v) is 5.61. The molecule has 0 saturated heterocycles. The Morgan fingerprint density at radius 1 is 1.12 bits per heavy atom. The van der Waals surface area contributed by atoms with Crippen molar-refractivity contribution in [2.24, 2.45) is 5.84 Å². The number of nitrogens with two attached hydrogens (primary N) is 1. The molecular weight excluding hydrogens is 333 g/mol. The average Bonchev–Trinajstić information content (AvgIpc) is 2.57. The van der Waals surface area contributed by atoms with E-state index in [1.54, 1.807) is 7.11 Å². The lowest BCUT2D eigenvalue weighted by Crippen LogP contribution is -2.29. The standard InChI is InChI=1S/C18H21F3N2O2/c1-12-10-15(6-7-16(12)18(19,20)21)25-9-8-17(23-22)13-4-3-5-14(11-13)24-2/h3-7,10-11,17,23H,8-9,22H2,1-2H3. The van der Waals surface area contributed by atoms with Crippen LogP contribution in [-0.2, 0) is 6.18 Å². The van der Waals surface area contributed by atoms with Crippen LogP contribution in [0.4, 0.5) is 13.2 Å². The number of nitrogens with one attached hydrogen (secondary N) is 1. The molecule has 1 unspecified atom stereocenters. The van der Waals surface area contributed by atoms with E-state index in [0.29, 0.717) is 18.8 Å². The van der Waals surface area contributed by atoms with Gasteiger partial charge in [0.25, 0.3) is 0 Å². The van der Waals surface area contributed by atoms with Crippen LogP contribution in [0.2, 0.25) is 0 Å². The van der Waals surface area contributed by atoms with Crippen molar-refractivity contribution in [3.05, 3.63) is 59.2 Å². The van der Waals surface area contributed by atoms with Crippen molar-refractivity contribution < 1.29 is 22.6 Å². The van der Waals surface area contributed by atoms with Crippen molar-refractivity contribution in [3.63, 3.8) is 0 Å². The minimum absolute atomic E-state index is 0.131. The maximum Gasteiger partial charge on any atom is 0.416 e. The average molecular weight is 354 g/mol. The molecule has 0 spiro atoms. The van der Waals surface area contributed by atoms with Crippen LogP contribution in [0, 0.1) is 6.92 Å². The zero-order chi connectivity index (χ0) is 18.4. The number of ether oxygens (including phenoxy) is 2. The molecule has 0 aromatic heterocycles. The van der Waals surface area contributed by atoms with Gasteiger partial charge in [0.05, 0.1) is 19.3 Å². The van der Waals surface area contributed by atoms with E-state index in [9.17, 15) is 13.2 Å². The van der Waals surface area contributed by atoms with Crippen LogP contribution in [0.5, 0.6) is 11.5 Å². The molecule has 1 atom stereocenters. The van der Waals surface area contributed by atoms with Crippen LogP contribution in [0.3, 0.4) is 0 Å². The summed E-state index contributed by atoms with van der Waals surface area (Å²) in [6.07, 6.45) is -3.81. The third kappa shape index (κ3) is 5.11. The van der Waals surface area contributed by atoms with Gasteiger partial charge >= 0.3 is 6.18 Å². The maximum absolute atomic E-state index is 12.8. The van der Waals surface area contributed by atoms with E-state index < -0.39 is 11.7 Å². The molecule has 25 heavy (non-hydrogen) atoms. The summed E-state index contributed by atoms with van der Waals surface area (Å²) >= 11 is 0. The van der Waals surface area contributed by atoms with E-state index in [0.717, 1.165) is 17.4 Å². The van der Waals surface area contributed by atoms with E-state index in [-0.39, 0.29) is 11.6 Å². The van der Waals surface area contributed by atoms with Gasteiger partial charge in [0, 0.05) is 12.5 Å². The van der Waals surface area contributed by atoms with Crippen molar-refractivity contribution in [2.75, 3.05) is 13.7 Å². The number of rotatable bonds is 7. The van der Waals surface area contributed by atoms with Gasteiger partial charge in [-0.3, -0.25) is 11.3 Å². The monoisotopic (exact) mass is 354 g/mol. The van der Waals surface area contributed by atoms with Crippen LogP contribution >= 0.6 is 0 Å². The minimum atomic E-state index is -4.36. The van der Waals surface area contributed by atoms with Crippen LogP contribution in [-0.4, -0.2) is 13.7 Å². The van der Waals surface area contributed by atoms with Crippen LogP contribution < -0.4 is 20.7 Å². The summed E-state index contributed by atoms with van der Waals surface area (Å²) in [5.74, 6) is 6.71. The molecule has 0 aliphatic carbocycles. The Bertz CT molecular complexity index is 705. The van der Waals surface area contributed by atoms with Crippen molar-refractivity contribution in [2.45, 2.75) is 25.6 Å². The lowest BCUT2D eigenvalue weighted by atomic mass is 10.0. The SMILES string of the molecule is COc1cccc(C(CCOc2ccc(C(F)(F)F)c(C)c2)NN)c1. The highest BCUT2D eigenvalue weighted by Crippen LogP contribution is 2.33. The van der Waals surface area contributed by atoms with Crippen molar-refractivity contribution in [1.82, 2.24) is 5.43 Å². The number of benzene rings is 2. The molecule has 136 valence electrons. The lowest BCUT2D eigenvalue weighted by molar-refractivity contribution is -0.138. The van der Waals surface area contributed by atoms with Gasteiger partial charge in [0.15, 0.2) is 0 Å². The second kappa shape index (κ2) is 8.22. The molecule has 0 aliphatic heterocycles. The first-order chi connectivity index (χ1) is 11.8. The lowest BCUT2D eigenvalue weighted by Gasteiger charge is -2.18. The molecule has 7 heteroatoms. The fraction of sp³-hybridized carbons (Fsp3) is 0.333. The molecule has 4 nitrogen and oxygen atoms in total. The highest BCUT2D eigenvalue weighted by atomic mass is 19.4. The van der Waals surface area contributed by atoms with Gasteiger partial charge in [-0.15, -0.1) is 0 Å². The van der Waals surface area contributed by atoms with Gasteiger partial charge in [-0.2, -0.15) is 13.2 Å². The largest absolute Gasteiger partial charge is 0.497 e. The van der Waals surface area contributed by atoms with Crippen LogP contribution in [0.1, 0.15) is 29.2 Å². The van der Waals surface area contributed by atoms with E-state index in [1.807, 2.05) is 24.3 Å². The molecule has 0 bridgehead atoms. The molecule has 0 amide bonds. The summed E-state index contributed by atoms with van der Waals surface area (Å²) in [4.78, 5) is 0. The molecule has 0 saturated carbocycles. The highest BCUT2D eigenvalue weighted by molar-refractivity contribution is 5.36. The van der Waals surface area contributed by atoms with E-state index >= 15 is 0 Å². The fourth-order valence-electron chi connectivity index (χ4n) is 2.54. The molecule has 0 fully saturated rings. The summed E-state index contributed by atoms with van der Waals surface area (Å²) in [6.45, 7) is 1.72. The van der Waals surface area contributed by atoms with Crippen molar-refractivity contribution in [3.8, 4) is 11.5 Å². The number of alkyl halides is 3. The van der Waals surface area contributed by atoms with Gasteiger partial charge in [-0.05, 0) is 48.4 Å². The highest BCUT2D eigenvalue weighted by Gasteiger charge is 2.32. The number of aryl methyl sites for hydroxylation is 1. The summed E-state index contributed by atoms with van der Waals surface area (Å²) in [5, 5.41) is 0. The summed E-state index contributed by atoms with van der Waals surface area (Å²) in [7, 11) is 1.58. The number of hydrogen-bond acceptors (Lipinski definition) is 4. The Balaban J connectivity index is 1.98.